The summed E-state index contributed by atoms with van der Waals surface area (Å²) in [5.41, 5.74) is 0. The van der Waals surface area contributed by atoms with Gasteiger partial charge in [-0.1, -0.05) is 6.42 Å². The van der Waals surface area contributed by atoms with Gasteiger partial charge in [0, 0.05) is 19.1 Å². The van der Waals surface area contributed by atoms with Crippen LogP contribution in [0.3, 0.4) is 0 Å². The van der Waals surface area contributed by atoms with E-state index in [0.717, 1.165) is 45.2 Å². The molecule has 5 nitrogen and oxygen atoms in total. The normalized spacial score (nSPS) is 29.6. The lowest BCUT2D eigenvalue weighted by Crippen LogP contribution is -2.57. The van der Waals surface area contributed by atoms with E-state index in [2.05, 4.69) is 5.32 Å². The molecule has 1 aliphatic carbocycles. The Morgan fingerprint density at radius 3 is 2.61 bits per heavy atom. The molecule has 2 heterocycles. The predicted molar refractivity (Wildman–Crippen MR) is 67.0 cm³/mol. The molecule has 0 aromatic carbocycles. The topological polar surface area (TPSA) is 52.7 Å². The van der Waals surface area contributed by atoms with E-state index >= 15 is 0 Å². The molecule has 2 aliphatic heterocycles. The fraction of sp³-hybridized carbons (Fsp3) is 0.846. The van der Waals surface area contributed by atoms with Gasteiger partial charge in [-0.3, -0.25) is 9.59 Å². The summed E-state index contributed by atoms with van der Waals surface area (Å²) in [5.74, 6) is 0.256. The first-order valence-electron chi connectivity index (χ1n) is 7.07. The summed E-state index contributed by atoms with van der Waals surface area (Å²) < 4.78 is 0. The van der Waals surface area contributed by atoms with Crippen LogP contribution in [-0.4, -0.2) is 59.9 Å². The zero-order valence-electron chi connectivity index (χ0n) is 10.7. The van der Waals surface area contributed by atoms with Crippen LogP contribution in [0.25, 0.3) is 0 Å². The summed E-state index contributed by atoms with van der Waals surface area (Å²) in [7, 11) is 0. The van der Waals surface area contributed by atoms with Crippen molar-refractivity contribution in [2.75, 3.05) is 26.2 Å². The van der Waals surface area contributed by atoms with Gasteiger partial charge in [-0.2, -0.15) is 0 Å². The van der Waals surface area contributed by atoms with E-state index in [9.17, 15) is 9.59 Å². The molecule has 0 spiro atoms. The third-order valence-electron chi connectivity index (χ3n) is 4.17. The van der Waals surface area contributed by atoms with E-state index in [0.29, 0.717) is 12.6 Å². The number of piperidine rings is 1. The van der Waals surface area contributed by atoms with Crippen molar-refractivity contribution in [2.45, 2.75) is 44.2 Å². The van der Waals surface area contributed by atoms with Crippen molar-refractivity contribution in [1.82, 2.24) is 15.1 Å². The number of carbonyl (C=O) groups excluding carboxylic acids is 2. The van der Waals surface area contributed by atoms with Crippen LogP contribution in [0.15, 0.2) is 0 Å². The molecule has 2 saturated heterocycles. The van der Waals surface area contributed by atoms with Gasteiger partial charge in [0.1, 0.15) is 0 Å². The Bertz CT molecular complexity index is 348. The van der Waals surface area contributed by atoms with Gasteiger partial charge in [0.25, 0.3) is 0 Å². The number of amides is 2. The Morgan fingerprint density at radius 1 is 1.17 bits per heavy atom. The maximum Gasteiger partial charge on any atom is 0.242 e. The van der Waals surface area contributed by atoms with Crippen LogP contribution in [0.2, 0.25) is 0 Å². The van der Waals surface area contributed by atoms with Gasteiger partial charge < -0.3 is 15.1 Å². The zero-order chi connectivity index (χ0) is 12.5. The van der Waals surface area contributed by atoms with Crippen molar-refractivity contribution >= 4 is 11.8 Å². The van der Waals surface area contributed by atoms with E-state index in [-0.39, 0.29) is 24.4 Å². The number of hydrogen-bond acceptors (Lipinski definition) is 3. The molecule has 1 unspecified atom stereocenters. The first-order valence-corrected chi connectivity index (χ1v) is 7.07. The van der Waals surface area contributed by atoms with Crippen LogP contribution in [0, 0.1) is 0 Å². The zero-order valence-corrected chi connectivity index (χ0v) is 10.7. The summed E-state index contributed by atoms with van der Waals surface area (Å²) in [5, 5.41) is 3.26. The number of piperazine rings is 1. The minimum absolute atomic E-state index is 0.0565. The van der Waals surface area contributed by atoms with Gasteiger partial charge in [-0.05, 0) is 32.2 Å². The maximum absolute atomic E-state index is 12.3. The van der Waals surface area contributed by atoms with Crippen molar-refractivity contribution < 1.29 is 9.59 Å². The second-order valence-electron chi connectivity index (χ2n) is 5.58. The van der Waals surface area contributed by atoms with E-state index in [1.54, 1.807) is 4.90 Å². The molecule has 3 fully saturated rings. The highest BCUT2D eigenvalue weighted by atomic mass is 16.2. The van der Waals surface area contributed by atoms with Gasteiger partial charge in [0.15, 0.2) is 0 Å². The minimum atomic E-state index is -0.0565. The van der Waals surface area contributed by atoms with E-state index in [1.165, 1.54) is 0 Å². The van der Waals surface area contributed by atoms with Gasteiger partial charge in [0.05, 0.1) is 12.6 Å². The quantitative estimate of drug-likeness (QED) is 0.749. The molecule has 100 valence electrons. The Balaban J connectivity index is 1.56. The summed E-state index contributed by atoms with van der Waals surface area (Å²) >= 11 is 0. The number of carbonyl (C=O) groups is 2. The van der Waals surface area contributed by atoms with Gasteiger partial charge in [0.2, 0.25) is 11.8 Å². The summed E-state index contributed by atoms with van der Waals surface area (Å²) in [6.07, 6.45) is 5.46. The molecule has 5 heteroatoms. The van der Waals surface area contributed by atoms with Crippen molar-refractivity contribution in [1.29, 1.82) is 0 Å². The molecule has 2 amide bonds. The fourth-order valence-corrected chi connectivity index (χ4v) is 2.93. The third kappa shape index (κ3) is 2.36. The van der Waals surface area contributed by atoms with Crippen molar-refractivity contribution in [3.63, 3.8) is 0 Å². The minimum Gasteiger partial charge on any atom is -0.336 e. The Labute approximate surface area is 107 Å². The van der Waals surface area contributed by atoms with Crippen molar-refractivity contribution in [3.8, 4) is 0 Å². The van der Waals surface area contributed by atoms with Gasteiger partial charge in [-0.25, -0.2) is 0 Å². The van der Waals surface area contributed by atoms with Gasteiger partial charge in [-0.15, -0.1) is 0 Å². The van der Waals surface area contributed by atoms with Crippen LogP contribution in [-0.2, 0) is 9.59 Å². The number of hydrogen-bond donors (Lipinski definition) is 1. The molecular formula is C13H21N3O2. The molecule has 3 rings (SSSR count). The summed E-state index contributed by atoms with van der Waals surface area (Å²) in [6, 6.07) is 0.418. The van der Waals surface area contributed by atoms with Crippen LogP contribution in [0.4, 0.5) is 0 Å². The number of nitrogens with zero attached hydrogens (tertiary/aromatic N) is 2. The molecule has 1 N–H and O–H groups in total. The highest BCUT2D eigenvalue weighted by Gasteiger charge is 2.38. The Kier molecular flexibility index (Phi) is 3.24. The highest BCUT2D eigenvalue weighted by Crippen LogP contribution is 2.28. The predicted octanol–water partition coefficient (Wildman–Crippen LogP) is -0.0383. The molecule has 0 radical (unpaired) electrons. The standard InChI is InChI=1S/C13H21N3O2/c17-12-9-15(7-8-16(12)10-4-5-10)13(18)11-3-1-2-6-14-11/h10-11,14H,1-9H2. The lowest BCUT2D eigenvalue weighted by Gasteiger charge is -2.37. The third-order valence-corrected chi connectivity index (χ3v) is 4.17. The second-order valence-corrected chi connectivity index (χ2v) is 5.58. The van der Waals surface area contributed by atoms with Crippen LogP contribution in [0.5, 0.6) is 0 Å². The largest absolute Gasteiger partial charge is 0.336 e. The molecule has 18 heavy (non-hydrogen) atoms. The molecule has 1 saturated carbocycles. The fourth-order valence-electron chi connectivity index (χ4n) is 2.93. The number of nitrogens with one attached hydrogen (secondary N) is 1. The first kappa shape index (κ1) is 12.0. The SMILES string of the molecule is O=C(C1CCCCN1)N1CCN(C2CC2)C(=O)C1. The smallest absolute Gasteiger partial charge is 0.242 e. The highest BCUT2D eigenvalue weighted by molar-refractivity contribution is 5.88. The van der Waals surface area contributed by atoms with Crippen LogP contribution < -0.4 is 5.32 Å². The van der Waals surface area contributed by atoms with E-state index < -0.39 is 0 Å². The van der Waals surface area contributed by atoms with E-state index in [4.69, 9.17) is 0 Å². The molecule has 0 bridgehead atoms. The van der Waals surface area contributed by atoms with Gasteiger partial charge >= 0.3 is 0 Å². The second kappa shape index (κ2) is 4.88. The average molecular weight is 251 g/mol. The lowest BCUT2D eigenvalue weighted by molar-refractivity contribution is -0.147. The number of rotatable bonds is 2. The lowest BCUT2D eigenvalue weighted by atomic mass is 10.0. The molecular weight excluding hydrogens is 230 g/mol. The molecule has 0 aromatic heterocycles. The molecule has 1 atom stereocenters. The Hall–Kier alpha value is -1.10. The average Bonchev–Trinajstić information content (AvgIpc) is 3.23. The van der Waals surface area contributed by atoms with E-state index in [1.807, 2.05) is 4.90 Å². The maximum atomic E-state index is 12.3. The van der Waals surface area contributed by atoms with Crippen molar-refractivity contribution in [2.24, 2.45) is 0 Å². The monoisotopic (exact) mass is 251 g/mol. The van der Waals surface area contributed by atoms with Crippen LogP contribution in [0.1, 0.15) is 32.1 Å². The Morgan fingerprint density at radius 2 is 2.00 bits per heavy atom. The molecule has 0 aromatic rings. The van der Waals surface area contributed by atoms with Crippen molar-refractivity contribution in [3.05, 3.63) is 0 Å². The van der Waals surface area contributed by atoms with Crippen LogP contribution >= 0.6 is 0 Å². The summed E-state index contributed by atoms with van der Waals surface area (Å²) in [6.45, 7) is 2.64. The summed E-state index contributed by atoms with van der Waals surface area (Å²) in [4.78, 5) is 28.0. The first-order chi connectivity index (χ1) is 8.75. The molecule has 3 aliphatic rings.